The molecule has 0 spiro atoms. The van der Waals surface area contributed by atoms with Crippen LogP contribution in [-0.4, -0.2) is 26.4 Å². The third-order valence-corrected chi connectivity index (χ3v) is 5.24. The van der Waals surface area contributed by atoms with Gasteiger partial charge in [-0.3, -0.25) is 20.3 Å². The van der Waals surface area contributed by atoms with Crippen molar-refractivity contribution >= 4 is 21.6 Å². The third-order valence-electron chi connectivity index (χ3n) is 3.96. The highest BCUT2D eigenvalue weighted by atomic mass is 32.2. The normalized spacial score (nSPS) is 11.0. The highest BCUT2D eigenvalue weighted by Crippen LogP contribution is 2.28. The van der Waals surface area contributed by atoms with E-state index < -0.39 is 25.7 Å². The zero-order chi connectivity index (χ0) is 22.4. The molecule has 0 atom stereocenters. The largest absolute Gasteiger partial charge is 0.495 e. The molecule has 31 heavy (non-hydrogen) atoms. The van der Waals surface area contributed by atoms with Gasteiger partial charge in [-0.15, -0.1) is 4.83 Å². The van der Waals surface area contributed by atoms with Crippen molar-refractivity contribution in [3.05, 3.63) is 82.3 Å². The predicted molar refractivity (Wildman–Crippen MR) is 107 cm³/mol. The number of furan rings is 1. The second kappa shape index (κ2) is 9.28. The Morgan fingerprint density at radius 3 is 2.55 bits per heavy atom. The molecule has 0 radical (unpaired) electrons. The van der Waals surface area contributed by atoms with Crippen LogP contribution in [0.25, 0.3) is 0 Å². The third kappa shape index (κ3) is 5.38. The van der Waals surface area contributed by atoms with Crippen LogP contribution in [0.3, 0.4) is 0 Å². The summed E-state index contributed by atoms with van der Waals surface area (Å²) in [5.41, 5.74) is 1.67. The molecule has 0 bridgehead atoms. The van der Waals surface area contributed by atoms with Crippen molar-refractivity contribution in [2.24, 2.45) is 0 Å². The van der Waals surface area contributed by atoms with Gasteiger partial charge in [0.05, 0.1) is 18.1 Å². The van der Waals surface area contributed by atoms with Crippen LogP contribution in [-0.2, 0) is 16.6 Å². The monoisotopic (exact) mass is 447 g/mol. The van der Waals surface area contributed by atoms with Crippen molar-refractivity contribution in [2.45, 2.75) is 11.5 Å². The summed E-state index contributed by atoms with van der Waals surface area (Å²) in [5, 5.41) is 10.8. The van der Waals surface area contributed by atoms with Crippen LogP contribution in [0.2, 0.25) is 0 Å². The minimum Gasteiger partial charge on any atom is -0.495 e. The quantitative estimate of drug-likeness (QED) is 0.375. The molecular weight excluding hydrogens is 430 g/mol. The maximum Gasteiger partial charge on any atom is 0.301 e. The Morgan fingerprint density at radius 2 is 1.87 bits per heavy atom. The highest BCUT2D eigenvalue weighted by molar-refractivity contribution is 7.89. The van der Waals surface area contributed by atoms with Crippen LogP contribution in [0.5, 0.6) is 11.5 Å². The summed E-state index contributed by atoms with van der Waals surface area (Å²) in [6.45, 7) is 0.0724. The maximum atomic E-state index is 12.5. The van der Waals surface area contributed by atoms with E-state index in [0.717, 1.165) is 18.2 Å². The molecule has 0 aliphatic carbocycles. The number of carbonyl (C=O) groups is 1. The Labute approximate surface area is 176 Å². The number of amides is 1. The molecule has 2 aromatic carbocycles. The Bertz CT molecular complexity index is 1190. The first-order valence-electron chi connectivity index (χ1n) is 8.71. The van der Waals surface area contributed by atoms with Crippen LogP contribution in [0.15, 0.2) is 70.0 Å². The lowest BCUT2D eigenvalue weighted by Gasteiger charge is -2.10. The number of benzene rings is 2. The fraction of sp³-hybridized carbons (Fsp3) is 0.105. The number of ether oxygens (including phenoxy) is 2. The second-order valence-electron chi connectivity index (χ2n) is 6.02. The smallest absolute Gasteiger partial charge is 0.301 e. The van der Waals surface area contributed by atoms with Crippen molar-refractivity contribution < 1.29 is 32.0 Å². The van der Waals surface area contributed by atoms with Gasteiger partial charge in [0.1, 0.15) is 28.8 Å². The van der Waals surface area contributed by atoms with Crippen molar-refractivity contribution in [1.29, 1.82) is 0 Å². The number of sulfonamides is 1. The zero-order valence-electron chi connectivity index (χ0n) is 16.1. The maximum absolute atomic E-state index is 12.5. The number of nitro groups is 1. The lowest BCUT2D eigenvalue weighted by atomic mass is 10.3. The van der Waals surface area contributed by atoms with Gasteiger partial charge >= 0.3 is 5.91 Å². The number of rotatable bonds is 9. The SMILES string of the molecule is COc1cc([N+](=O)[O-])ccc1S(=O)(=O)NNC(=O)c1ccc(COc2ccccc2)o1. The molecule has 1 aromatic heterocycles. The molecule has 0 aliphatic rings. The molecule has 0 fully saturated rings. The van der Waals surface area contributed by atoms with Gasteiger partial charge in [0.15, 0.2) is 5.76 Å². The van der Waals surface area contributed by atoms with Crippen molar-refractivity contribution in [1.82, 2.24) is 10.3 Å². The lowest BCUT2D eigenvalue weighted by Crippen LogP contribution is -2.41. The summed E-state index contributed by atoms with van der Waals surface area (Å²) in [6.07, 6.45) is 0. The van der Waals surface area contributed by atoms with E-state index >= 15 is 0 Å². The number of para-hydroxylation sites is 1. The molecule has 0 saturated carbocycles. The summed E-state index contributed by atoms with van der Waals surface area (Å²) < 4.78 is 40.7. The Hall–Kier alpha value is -3.90. The Morgan fingerprint density at radius 1 is 1.13 bits per heavy atom. The van der Waals surface area contributed by atoms with E-state index in [0.29, 0.717) is 11.5 Å². The lowest BCUT2D eigenvalue weighted by molar-refractivity contribution is -0.385. The molecule has 12 heteroatoms. The summed E-state index contributed by atoms with van der Waals surface area (Å²) in [5.74, 6) is -0.279. The molecule has 1 heterocycles. The molecular formula is C19H17N3O8S. The van der Waals surface area contributed by atoms with Crippen molar-refractivity contribution in [3.8, 4) is 11.5 Å². The van der Waals surface area contributed by atoms with Gasteiger partial charge in [-0.1, -0.05) is 18.2 Å². The van der Waals surface area contributed by atoms with Gasteiger partial charge < -0.3 is 13.9 Å². The Balaban J connectivity index is 1.64. The van der Waals surface area contributed by atoms with Gasteiger partial charge in [0.2, 0.25) is 0 Å². The van der Waals surface area contributed by atoms with Crippen molar-refractivity contribution in [3.63, 3.8) is 0 Å². The predicted octanol–water partition coefficient (Wildman–Crippen LogP) is 2.40. The Kier molecular flexibility index (Phi) is 6.52. The van der Waals surface area contributed by atoms with Gasteiger partial charge in [-0.05, 0) is 30.3 Å². The first-order chi connectivity index (χ1) is 14.8. The number of hydrogen-bond donors (Lipinski definition) is 2. The number of nitrogens with one attached hydrogen (secondary N) is 2. The van der Waals surface area contributed by atoms with E-state index in [2.05, 4.69) is 0 Å². The van der Waals surface area contributed by atoms with Crippen LogP contribution in [0, 0.1) is 10.1 Å². The molecule has 0 saturated heterocycles. The van der Waals surface area contributed by atoms with Gasteiger partial charge in [-0.2, -0.15) is 0 Å². The van der Waals surface area contributed by atoms with E-state index in [9.17, 15) is 23.3 Å². The van der Waals surface area contributed by atoms with Crippen LogP contribution < -0.4 is 19.7 Å². The average Bonchev–Trinajstić information content (AvgIpc) is 3.25. The molecule has 162 valence electrons. The summed E-state index contributed by atoms with van der Waals surface area (Å²) in [6, 6.07) is 14.8. The highest BCUT2D eigenvalue weighted by Gasteiger charge is 2.23. The molecule has 2 N–H and O–H groups in total. The topological polar surface area (TPSA) is 150 Å². The van der Waals surface area contributed by atoms with E-state index in [1.807, 2.05) is 28.5 Å². The second-order valence-corrected chi connectivity index (χ2v) is 7.67. The van der Waals surface area contributed by atoms with Crippen LogP contribution in [0.4, 0.5) is 5.69 Å². The number of nitro benzene ring substituents is 1. The summed E-state index contributed by atoms with van der Waals surface area (Å²) >= 11 is 0. The van der Waals surface area contributed by atoms with Crippen molar-refractivity contribution in [2.75, 3.05) is 7.11 Å². The van der Waals surface area contributed by atoms with E-state index in [-0.39, 0.29) is 23.8 Å². The van der Waals surface area contributed by atoms with Crippen LogP contribution >= 0.6 is 0 Å². The minimum absolute atomic E-state index is 0.0724. The number of nitrogens with zero attached hydrogens (tertiary/aromatic N) is 1. The number of methoxy groups -OCH3 is 1. The van der Waals surface area contributed by atoms with E-state index in [1.165, 1.54) is 19.2 Å². The van der Waals surface area contributed by atoms with Crippen LogP contribution in [0.1, 0.15) is 16.3 Å². The number of non-ortho nitro benzene ring substituents is 1. The summed E-state index contributed by atoms with van der Waals surface area (Å²) in [7, 11) is -3.12. The average molecular weight is 447 g/mol. The number of carbonyl (C=O) groups excluding carboxylic acids is 1. The molecule has 3 rings (SSSR count). The standard InChI is InChI=1S/C19H17N3O8S/c1-28-17-11-13(22(24)25)7-10-18(17)31(26,27)21-20-19(23)16-9-8-15(30-16)12-29-14-5-3-2-4-6-14/h2-11,21H,12H2,1H3,(H,20,23). The molecule has 3 aromatic rings. The molecule has 0 unspecified atom stereocenters. The fourth-order valence-electron chi connectivity index (χ4n) is 2.47. The van der Waals surface area contributed by atoms with E-state index in [1.54, 1.807) is 12.1 Å². The molecule has 0 aliphatic heterocycles. The first kappa shape index (κ1) is 21.8. The number of hydrogen-bond acceptors (Lipinski definition) is 8. The molecule has 11 nitrogen and oxygen atoms in total. The van der Waals surface area contributed by atoms with E-state index in [4.69, 9.17) is 13.9 Å². The fourth-order valence-corrected chi connectivity index (χ4v) is 3.46. The molecule has 1 amide bonds. The summed E-state index contributed by atoms with van der Waals surface area (Å²) in [4.78, 5) is 23.9. The number of hydrazine groups is 1. The van der Waals surface area contributed by atoms with Gasteiger partial charge in [0.25, 0.3) is 15.7 Å². The minimum atomic E-state index is -4.28. The zero-order valence-corrected chi connectivity index (χ0v) is 16.9. The van der Waals surface area contributed by atoms with Gasteiger partial charge in [0, 0.05) is 6.07 Å². The van der Waals surface area contributed by atoms with Gasteiger partial charge in [-0.25, -0.2) is 8.42 Å². The first-order valence-corrected chi connectivity index (χ1v) is 10.2.